The molecule has 2 rings (SSSR count). The Balaban J connectivity index is 1.85. The van der Waals surface area contributed by atoms with Gasteiger partial charge in [-0.05, 0) is 23.4 Å². The van der Waals surface area contributed by atoms with Gasteiger partial charge in [0.15, 0.2) is 0 Å². The van der Waals surface area contributed by atoms with Gasteiger partial charge < -0.3 is 10.1 Å². The Hall–Kier alpha value is -0.380. The predicted molar refractivity (Wildman–Crippen MR) is 55.1 cm³/mol. The van der Waals surface area contributed by atoms with Crippen LogP contribution in [0.2, 0.25) is 0 Å². The lowest BCUT2D eigenvalue weighted by atomic mass is 10.2. The van der Waals surface area contributed by atoms with Crippen LogP contribution in [0, 0.1) is 0 Å². The van der Waals surface area contributed by atoms with E-state index in [0.717, 1.165) is 26.2 Å². The van der Waals surface area contributed by atoms with Crippen LogP contribution in [0.3, 0.4) is 0 Å². The maximum absolute atomic E-state index is 5.10. The van der Waals surface area contributed by atoms with Gasteiger partial charge in [0.25, 0.3) is 0 Å². The molecule has 1 N–H and O–H groups in total. The molecule has 2 nitrogen and oxygen atoms in total. The van der Waals surface area contributed by atoms with Crippen LogP contribution in [0.1, 0.15) is 17.4 Å². The summed E-state index contributed by atoms with van der Waals surface area (Å²) in [5.41, 5.74) is 1.48. The van der Waals surface area contributed by atoms with Crippen LogP contribution < -0.4 is 5.32 Å². The van der Waals surface area contributed by atoms with Gasteiger partial charge in [-0.2, -0.15) is 0 Å². The second kappa shape index (κ2) is 4.22. The SMILES string of the molecule is CCc1ccsc1CNC1COC1. The molecule has 3 heteroatoms. The highest BCUT2D eigenvalue weighted by molar-refractivity contribution is 7.10. The fourth-order valence-corrected chi connectivity index (χ4v) is 2.35. The van der Waals surface area contributed by atoms with Crippen LogP contribution in [-0.2, 0) is 17.7 Å². The minimum atomic E-state index is 0.590. The summed E-state index contributed by atoms with van der Waals surface area (Å²) in [6.45, 7) is 4.98. The van der Waals surface area contributed by atoms with Crippen molar-refractivity contribution in [1.29, 1.82) is 0 Å². The highest BCUT2D eigenvalue weighted by atomic mass is 32.1. The summed E-state index contributed by atoms with van der Waals surface area (Å²) in [4.78, 5) is 1.48. The van der Waals surface area contributed by atoms with Crippen LogP contribution in [-0.4, -0.2) is 19.3 Å². The zero-order chi connectivity index (χ0) is 9.10. The van der Waals surface area contributed by atoms with E-state index < -0.39 is 0 Å². The molecule has 0 radical (unpaired) electrons. The minimum Gasteiger partial charge on any atom is -0.378 e. The van der Waals surface area contributed by atoms with E-state index in [1.165, 1.54) is 10.4 Å². The summed E-state index contributed by atoms with van der Waals surface area (Å²) in [5, 5.41) is 5.66. The van der Waals surface area contributed by atoms with Gasteiger partial charge in [0.05, 0.1) is 19.3 Å². The highest BCUT2D eigenvalue weighted by Gasteiger charge is 2.17. The van der Waals surface area contributed by atoms with Crippen molar-refractivity contribution in [3.8, 4) is 0 Å². The summed E-state index contributed by atoms with van der Waals surface area (Å²) < 4.78 is 5.10. The van der Waals surface area contributed by atoms with Crippen LogP contribution in [0.15, 0.2) is 11.4 Å². The van der Waals surface area contributed by atoms with Crippen LogP contribution >= 0.6 is 11.3 Å². The average molecular weight is 197 g/mol. The van der Waals surface area contributed by atoms with Crippen molar-refractivity contribution in [2.75, 3.05) is 13.2 Å². The first-order valence-electron chi connectivity index (χ1n) is 4.76. The Morgan fingerprint density at radius 2 is 2.46 bits per heavy atom. The second-order valence-electron chi connectivity index (χ2n) is 3.34. The van der Waals surface area contributed by atoms with Crippen LogP contribution in [0.5, 0.6) is 0 Å². The van der Waals surface area contributed by atoms with E-state index in [1.54, 1.807) is 0 Å². The van der Waals surface area contributed by atoms with Crippen molar-refractivity contribution >= 4 is 11.3 Å². The highest BCUT2D eigenvalue weighted by Crippen LogP contribution is 2.17. The number of nitrogens with one attached hydrogen (secondary N) is 1. The van der Waals surface area contributed by atoms with Crippen LogP contribution in [0.4, 0.5) is 0 Å². The molecule has 0 saturated carbocycles. The first-order valence-corrected chi connectivity index (χ1v) is 5.64. The van der Waals surface area contributed by atoms with Gasteiger partial charge >= 0.3 is 0 Å². The van der Waals surface area contributed by atoms with Crippen LogP contribution in [0.25, 0.3) is 0 Å². The fraction of sp³-hybridized carbons (Fsp3) is 0.600. The number of aryl methyl sites for hydroxylation is 1. The molecular formula is C10H15NOS. The smallest absolute Gasteiger partial charge is 0.0643 e. The molecule has 13 heavy (non-hydrogen) atoms. The van der Waals surface area contributed by atoms with Gasteiger partial charge in [0.1, 0.15) is 0 Å². The number of hydrogen-bond donors (Lipinski definition) is 1. The van der Waals surface area contributed by atoms with Crippen molar-refractivity contribution < 1.29 is 4.74 Å². The Kier molecular flexibility index (Phi) is 2.98. The lowest BCUT2D eigenvalue weighted by Crippen LogP contribution is -2.45. The third-order valence-electron chi connectivity index (χ3n) is 2.41. The Morgan fingerprint density at radius 3 is 3.08 bits per heavy atom. The van der Waals surface area contributed by atoms with E-state index in [4.69, 9.17) is 4.74 Å². The Bertz CT molecular complexity index is 268. The molecular weight excluding hydrogens is 182 g/mol. The summed E-state index contributed by atoms with van der Waals surface area (Å²) in [5.74, 6) is 0. The molecule has 1 aromatic heterocycles. The third kappa shape index (κ3) is 2.10. The van der Waals surface area contributed by atoms with Crippen molar-refractivity contribution in [3.63, 3.8) is 0 Å². The summed E-state index contributed by atoms with van der Waals surface area (Å²) >= 11 is 1.85. The normalized spacial score (nSPS) is 17.3. The monoisotopic (exact) mass is 197 g/mol. The number of thiophene rings is 1. The predicted octanol–water partition coefficient (Wildman–Crippen LogP) is 1.80. The van der Waals surface area contributed by atoms with Gasteiger partial charge in [0.2, 0.25) is 0 Å². The molecule has 1 aliphatic heterocycles. The molecule has 0 unspecified atom stereocenters. The van der Waals surface area contributed by atoms with E-state index >= 15 is 0 Å². The number of hydrogen-bond acceptors (Lipinski definition) is 3. The second-order valence-corrected chi connectivity index (χ2v) is 4.34. The number of ether oxygens (including phenoxy) is 1. The molecule has 0 amide bonds. The quantitative estimate of drug-likeness (QED) is 0.794. The molecule has 0 spiro atoms. The van der Waals surface area contributed by atoms with Crippen molar-refractivity contribution in [2.24, 2.45) is 0 Å². The van der Waals surface area contributed by atoms with E-state index in [-0.39, 0.29) is 0 Å². The van der Waals surface area contributed by atoms with Gasteiger partial charge in [-0.3, -0.25) is 0 Å². The van der Waals surface area contributed by atoms with Crippen molar-refractivity contribution in [3.05, 3.63) is 21.9 Å². The maximum atomic E-state index is 5.10. The average Bonchev–Trinajstić information content (AvgIpc) is 2.49. The van der Waals surface area contributed by atoms with E-state index in [9.17, 15) is 0 Å². The zero-order valence-electron chi connectivity index (χ0n) is 7.88. The lowest BCUT2D eigenvalue weighted by Gasteiger charge is -2.26. The summed E-state index contributed by atoms with van der Waals surface area (Å²) in [6.07, 6.45) is 1.14. The minimum absolute atomic E-state index is 0.590. The summed E-state index contributed by atoms with van der Waals surface area (Å²) in [6, 6.07) is 2.81. The summed E-state index contributed by atoms with van der Waals surface area (Å²) in [7, 11) is 0. The molecule has 0 bridgehead atoms. The zero-order valence-corrected chi connectivity index (χ0v) is 8.69. The molecule has 0 atom stereocenters. The molecule has 2 heterocycles. The first kappa shape index (κ1) is 9.19. The van der Waals surface area contributed by atoms with Gasteiger partial charge in [-0.25, -0.2) is 0 Å². The molecule has 1 aromatic rings. The van der Waals surface area contributed by atoms with Gasteiger partial charge in [-0.1, -0.05) is 6.92 Å². The molecule has 1 aliphatic rings. The largest absolute Gasteiger partial charge is 0.378 e. The molecule has 0 aromatic carbocycles. The van der Waals surface area contributed by atoms with Crippen molar-refractivity contribution in [2.45, 2.75) is 25.9 Å². The molecule has 1 fully saturated rings. The lowest BCUT2D eigenvalue weighted by molar-refractivity contribution is -0.00569. The first-order chi connectivity index (χ1) is 6.40. The third-order valence-corrected chi connectivity index (χ3v) is 3.37. The van der Waals surface area contributed by atoms with E-state index in [0.29, 0.717) is 6.04 Å². The molecule has 72 valence electrons. The Morgan fingerprint density at radius 1 is 1.62 bits per heavy atom. The topological polar surface area (TPSA) is 21.3 Å². The van der Waals surface area contributed by atoms with Gasteiger partial charge in [-0.15, -0.1) is 11.3 Å². The Labute approximate surface area is 82.9 Å². The van der Waals surface area contributed by atoms with E-state index in [1.807, 2.05) is 11.3 Å². The molecule has 1 saturated heterocycles. The van der Waals surface area contributed by atoms with E-state index in [2.05, 4.69) is 23.7 Å². The molecule has 0 aliphatic carbocycles. The fourth-order valence-electron chi connectivity index (χ4n) is 1.43. The standard InChI is InChI=1S/C10H15NOS/c1-2-8-3-4-13-10(8)5-11-9-6-12-7-9/h3-4,9,11H,2,5-7H2,1H3. The van der Waals surface area contributed by atoms with Crippen molar-refractivity contribution in [1.82, 2.24) is 5.32 Å². The number of rotatable bonds is 4. The van der Waals surface area contributed by atoms with Gasteiger partial charge in [0, 0.05) is 11.4 Å². The maximum Gasteiger partial charge on any atom is 0.0643 e.